The van der Waals surface area contributed by atoms with Crippen LogP contribution in [0.3, 0.4) is 0 Å². The van der Waals surface area contributed by atoms with Crippen molar-refractivity contribution in [3.8, 4) is 0 Å². The molecule has 2 aromatic rings. The maximum absolute atomic E-state index is 6.26. The van der Waals surface area contributed by atoms with Crippen molar-refractivity contribution in [2.24, 2.45) is 0 Å². The summed E-state index contributed by atoms with van der Waals surface area (Å²) in [5.74, 6) is 1.02. The average molecular weight is 281 g/mol. The van der Waals surface area contributed by atoms with Crippen LogP contribution in [-0.2, 0) is 0 Å². The molecule has 0 saturated carbocycles. The number of aromatic nitrogens is 1. The number of halogens is 2. The van der Waals surface area contributed by atoms with Crippen LogP contribution in [0.2, 0.25) is 10.0 Å². The van der Waals surface area contributed by atoms with Crippen LogP contribution >= 0.6 is 23.2 Å². The zero-order valence-corrected chi connectivity index (χ0v) is 11.7. The zero-order chi connectivity index (χ0) is 12.7. The highest BCUT2D eigenvalue weighted by Gasteiger charge is 2.16. The summed E-state index contributed by atoms with van der Waals surface area (Å²) >= 11 is 12.3. The fraction of sp³-hybridized carbons (Fsp3) is 0.357. The molecule has 0 aliphatic carbocycles. The standard InChI is InChI=1S/C14H14Cl2N2/c1-9-8-12(18-6-2-3-7-18)17-14-10(9)4-5-11(15)13(14)16/h4-5,8H,2-3,6-7H2,1H3. The number of anilines is 1. The van der Waals surface area contributed by atoms with Gasteiger partial charge in [-0.25, -0.2) is 4.98 Å². The molecule has 0 radical (unpaired) electrons. The van der Waals surface area contributed by atoms with E-state index in [1.165, 1.54) is 18.4 Å². The Morgan fingerprint density at radius 3 is 2.61 bits per heavy atom. The maximum atomic E-state index is 6.26. The molecular weight excluding hydrogens is 267 g/mol. The highest BCUT2D eigenvalue weighted by atomic mass is 35.5. The molecule has 4 heteroatoms. The van der Waals surface area contributed by atoms with E-state index in [1.54, 1.807) is 0 Å². The van der Waals surface area contributed by atoms with E-state index in [0.717, 1.165) is 29.8 Å². The van der Waals surface area contributed by atoms with Crippen LogP contribution in [-0.4, -0.2) is 18.1 Å². The molecule has 2 heterocycles. The van der Waals surface area contributed by atoms with E-state index < -0.39 is 0 Å². The van der Waals surface area contributed by atoms with Gasteiger partial charge in [-0.1, -0.05) is 29.3 Å². The summed E-state index contributed by atoms with van der Waals surface area (Å²) in [5, 5.41) is 2.19. The van der Waals surface area contributed by atoms with Crippen molar-refractivity contribution in [3.63, 3.8) is 0 Å². The van der Waals surface area contributed by atoms with Gasteiger partial charge < -0.3 is 4.90 Å². The quantitative estimate of drug-likeness (QED) is 0.767. The van der Waals surface area contributed by atoms with E-state index in [4.69, 9.17) is 23.2 Å². The summed E-state index contributed by atoms with van der Waals surface area (Å²) in [4.78, 5) is 7.00. The third-order valence-corrected chi connectivity index (χ3v) is 4.29. The molecule has 3 rings (SSSR count). The molecule has 1 fully saturated rings. The van der Waals surface area contributed by atoms with Crippen LogP contribution in [0.4, 0.5) is 5.82 Å². The second-order valence-corrected chi connectivity index (χ2v) is 5.53. The van der Waals surface area contributed by atoms with Gasteiger partial charge in [-0.15, -0.1) is 0 Å². The monoisotopic (exact) mass is 280 g/mol. The molecule has 94 valence electrons. The number of pyridine rings is 1. The molecule has 1 aromatic heterocycles. The van der Waals surface area contributed by atoms with Crippen molar-refractivity contribution in [1.82, 2.24) is 4.98 Å². The van der Waals surface area contributed by atoms with Crippen LogP contribution in [0.15, 0.2) is 18.2 Å². The summed E-state index contributed by atoms with van der Waals surface area (Å²) in [6.45, 7) is 4.25. The number of hydrogen-bond acceptors (Lipinski definition) is 2. The molecule has 1 aliphatic rings. The van der Waals surface area contributed by atoms with Gasteiger partial charge in [0.05, 0.1) is 15.6 Å². The third kappa shape index (κ3) is 1.94. The number of fused-ring (bicyclic) bond motifs is 1. The molecule has 0 amide bonds. The lowest BCUT2D eigenvalue weighted by Gasteiger charge is -2.18. The number of hydrogen-bond donors (Lipinski definition) is 0. The van der Waals surface area contributed by atoms with E-state index in [2.05, 4.69) is 22.9 Å². The van der Waals surface area contributed by atoms with Crippen LogP contribution in [0.1, 0.15) is 18.4 Å². The van der Waals surface area contributed by atoms with Gasteiger partial charge in [-0.2, -0.15) is 0 Å². The first-order chi connectivity index (χ1) is 8.66. The van der Waals surface area contributed by atoms with Crippen molar-refractivity contribution < 1.29 is 0 Å². The lowest BCUT2D eigenvalue weighted by molar-refractivity contribution is 0.942. The van der Waals surface area contributed by atoms with Gasteiger partial charge in [0, 0.05) is 18.5 Å². The van der Waals surface area contributed by atoms with Gasteiger partial charge in [0.15, 0.2) is 0 Å². The normalized spacial score (nSPS) is 15.6. The Balaban J connectivity index is 2.21. The van der Waals surface area contributed by atoms with Crippen molar-refractivity contribution in [2.75, 3.05) is 18.0 Å². The van der Waals surface area contributed by atoms with Gasteiger partial charge in [0.1, 0.15) is 5.82 Å². The molecule has 1 saturated heterocycles. The van der Waals surface area contributed by atoms with E-state index in [9.17, 15) is 0 Å². The third-order valence-electron chi connectivity index (χ3n) is 3.50. The molecule has 0 atom stereocenters. The van der Waals surface area contributed by atoms with E-state index in [0.29, 0.717) is 10.0 Å². The van der Waals surface area contributed by atoms with E-state index >= 15 is 0 Å². The van der Waals surface area contributed by atoms with Crippen molar-refractivity contribution in [3.05, 3.63) is 33.8 Å². The molecule has 2 nitrogen and oxygen atoms in total. The van der Waals surface area contributed by atoms with Crippen LogP contribution in [0, 0.1) is 6.92 Å². The SMILES string of the molecule is Cc1cc(N2CCCC2)nc2c(Cl)c(Cl)ccc12. The second kappa shape index (κ2) is 4.60. The van der Waals surface area contributed by atoms with Gasteiger partial charge in [-0.3, -0.25) is 0 Å². The minimum Gasteiger partial charge on any atom is -0.357 e. The zero-order valence-electron chi connectivity index (χ0n) is 10.2. The Morgan fingerprint density at radius 2 is 1.89 bits per heavy atom. The van der Waals surface area contributed by atoms with Gasteiger partial charge in [0.25, 0.3) is 0 Å². The molecule has 0 N–H and O–H groups in total. The maximum Gasteiger partial charge on any atom is 0.129 e. The average Bonchev–Trinajstić information content (AvgIpc) is 2.88. The summed E-state index contributed by atoms with van der Waals surface area (Å²) in [5.41, 5.74) is 2.01. The number of nitrogens with zero attached hydrogens (tertiary/aromatic N) is 2. The first-order valence-electron chi connectivity index (χ1n) is 6.17. The highest BCUT2D eigenvalue weighted by molar-refractivity contribution is 6.45. The second-order valence-electron chi connectivity index (χ2n) is 4.75. The molecule has 1 aromatic carbocycles. The Bertz CT molecular complexity index is 604. The molecule has 1 aliphatic heterocycles. The molecule has 18 heavy (non-hydrogen) atoms. The Morgan fingerprint density at radius 1 is 1.17 bits per heavy atom. The Hall–Kier alpha value is -0.990. The predicted octanol–water partition coefficient (Wildman–Crippen LogP) is 4.45. The van der Waals surface area contributed by atoms with Gasteiger partial charge >= 0.3 is 0 Å². The number of aryl methyl sites for hydroxylation is 1. The lowest BCUT2D eigenvalue weighted by Crippen LogP contribution is -2.19. The summed E-state index contributed by atoms with van der Waals surface area (Å²) < 4.78 is 0. The topological polar surface area (TPSA) is 16.1 Å². The Labute approximate surface area is 117 Å². The largest absolute Gasteiger partial charge is 0.357 e. The molecular formula is C14H14Cl2N2. The van der Waals surface area contributed by atoms with Gasteiger partial charge in [-0.05, 0) is 37.5 Å². The van der Waals surface area contributed by atoms with E-state index in [-0.39, 0.29) is 0 Å². The summed E-state index contributed by atoms with van der Waals surface area (Å²) in [6.07, 6.45) is 2.48. The molecule has 0 spiro atoms. The molecule has 0 unspecified atom stereocenters. The number of rotatable bonds is 1. The summed E-state index contributed by atoms with van der Waals surface area (Å²) in [6, 6.07) is 5.95. The minimum atomic E-state index is 0.554. The number of benzene rings is 1. The van der Waals surface area contributed by atoms with Crippen molar-refractivity contribution in [2.45, 2.75) is 19.8 Å². The van der Waals surface area contributed by atoms with Gasteiger partial charge in [0.2, 0.25) is 0 Å². The predicted molar refractivity (Wildman–Crippen MR) is 77.9 cm³/mol. The first kappa shape index (κ1) is 12.1. The van der Waals surface area contributed by atoms with Crippen LogP contribution < -0.4 is 4.90 Å². The van der Waals surface area contributed by atoms with Crippen molar-refractivity contribution in [1.29, 1.82) is 0 Å². The minimum absolute atomic E-state index is 0.554. The lowest BCUT2D eigenvalue weighted by atomic mass is 10.1. The van der Waals surface area contributed by atoms with Crippen LogP contribution in [0.5, 0.6) is 0 Å². The summed E-state index contributed by atoms with van der Waals surface area (Å²) in [7, 11) is 0. The van der Waals surface area contributed by atoms with Crippen molar-refractivity contribution >= 4 is 39.9 Å². The molecule has 0 bridgehead atoms. The smallest absolute Gasteiger partial charge is 0.129 e. The first-order valence-corrected chi connectivity index (χ1v) is 6.93. The fourth-order valence-corrected chi connectivity index (χ4v) is 2.85. The fourth-order valence-electron chi connectivity index (χ4n) is 2.49. The Kier molecular flexibility index (Phi) is 3.08. The van der Waals surface area contributed by atoms with E-state index in [1.807, 2.05) is 12.1 Å². The van der Waals surface area contributed by atoms with Crippen LogP contribution in [0.25, 0.3) is 10.9 Å². The highest BCUT2D eigenvalue weighted by Crippen LogP contribution is 2.33.